The van der Waals surface area contributed by atoms with E-state index in [4.69, 9.17) is 9.84 Å². The second-order valence-corrected chi connectivity index (χ2v) is 8.92. The number of carboxylic acid groups (broad SMARTS) is 1. The summed E-state index contributed by atoms with van der Waals surface area (Å²) >= 11 is 0. The Morgan fingerprint density at radius 2 is 1.57 bits per heavy atom. The smallest absolute Gasteiger partial charge is 0.411 e. The molecule has 3 N–H and O–H groups in total. The molecule has 2 aliphatic rings. The number of amides is 2. The summed E-state index contributed by atoms with van der Waals surface area (Å²) < 4.78 is 20.5. The number of benzene rings is 3. The molecule has 2 amide bonds. The quantitative estimate of drug-likeness (QED) is 0.451. The van der Waals surface area contributed by atoms with Crippen LogP contribution in [0.4, 0.5) is 14.9 Å². The number of carbonyl (C=O) groups is 3. The molecule has 0 bridgehead atoms. The molecular weight excluding hydrogens is 451 g/mol. The fourth-order valence-corrected chi connectivity index (χ4v) is 4.64. The molecule has 1 saturated carbocycles. The van der Waals surface area contributed by atoms with Gasteiger partial charge >= 0.3 is 12.1 Å². The van der Waals surface area contributed by atoms with Gasteiger partial charge in [0.2, 0.25) is 0 Å². The SMILES string of the molecule is O=C(O)CC1(NC(=O)c2cccc(NC(=O)OCC3c4ccccc4-c4ccccc43)c2F)CC1. The Kier molecular flexibility index (Phi) is 5.72. The fraction of sp³-hybridized carbons (Fsp3) is 0.222. The summed E-state index contributed by atoms with van der Waals surface area (Å²) in [5, 5.41) is 14.0. The Hall–Kier alpha value is -4.20. The minimum Gasteiger partial charge on any atom is -0.481 e. The lowest BCUT2D eigenvalue weighted by Crippen LogP contribution is -2.39. The van der Waals surface area contributed by atoms with Crippen molar-refractivity contribution in [1.82, 2.24) is 5.32 Å². The standard InChI is InChI=1S/C27H23FN2O5/c28-24-20(25(33)30-27(12-13-27)14-23(31)32)10-5-11-22(24)29-26(34)35-15-21-18-8-3-1-6-16(18)17-7-2-4-9-19(17)21/h1-11,21H,12-15H2,(H,29,34)(H,30,33)(H,31,32). The minimum atomic E-state index is -1.03. The highest BCUT2D eigenvalue weighted by Crippen LogP contribution is 2.44. The van der Waals surface area contributed by atoms with E-state index in [0.717, 1.165) is 22.3 Å². The number of hydrogen-bond acceptors (Lipinski definition) is 4. The minimum absolute atomic E-state index is 0.0688. The normalized spacial score (nSPS) is 15.0. The zero-order valence-electron chi connectivity index (χ0n) is 18.7. The zero-order valence-corrected chi connectivity index (χ0v) is 18.7. The molecule has 1 fully saturated rings. The van der Waals surface area contributed by atoms with Gasteiger partial charge in [-0.1, -0.05) is 54.6 Å². The second-order valence-electron chi connectivity index (χ2n) is 8.92. The maximum absolute atomic E-state index is 15.0. The van der Waals surface area contributed by atoms with Crippen molar-refractivity contribution in [2.24, 2.45) is 0 Å². The van der Waals surface area contributed by atoms with E-state index < -0.39 is 29.3 Å². The van der Waals surface area contributed by atoms with Crippen molar-refractivity contribution in [1.29, 1.82) is 0 Å². The van der Waals surface area contributed by atoms with E-state index in [1.54, 1.807) is 0 Å². The van der Waals surface area contributed by atoms with Gasteiger partial charge in [-0.15, -0.1) is 0 Å². The van der Waals surface area contributed by atoms with Crippen molar-refractivity contribution in [2.75, 3.05) is 11.9 Å². The molecule has 0 aromatic heterocycles. The number of nitrogens with one attached hydrogen (secondary N) is 2. The van der Waals surface area contributed by atoms with Gasteiger partial charge in [-0.3, -0.25) is 14.9 Å². The second kappa shape index (κ2) is 8.87. The number of carbonyl (C=O) groups excluding carboxylic acids is 2. The van der Waals surface area contributed by atoms with Crippen LogP contribution in [0.2, 0.25) is 0 Å². The number of rotatable bonds is 7. The molecule has 5 rings (SSSR count). The van der Waals surface area contributed by atoms with E-state index in [1.807, 2.05) is 48.5 Å². The highest BCUT2D eigenvalue weighted by molar-refractivity contribution is 5.97. The summed E-state index contributed by atoms with van der Waals surface area (Å²) in [4.78, 5) is 36.1. The van der Waals surface area contributed by atoms with Crippen LogP contribution < -0.4 is 10.6 Å². The molecule has 8 heteroatoms. The van der Waals surface area contributed by atoms with E-state index in [0.29, 0.717) is 12.8 Å². The summed E-state index contributed by atoms with van der Waals surface area (Å²) in [7, 11) is 0. The lowest BCUT2D eigenvalue weighted by atomic mass is 9.98. The van der Waals surface area contributed by atoms with Crippen LogP contribution in [0.25, 0.3) is 11.1 Å². The highest BCUT2D eigenvalue weighted by atomic mass is 19.1. The Balaban J connectivity index is 1.26. The summed E-state index contributed by atoms with van der Waals surface area (Å²) in [6.45, 7) is 0.0688. The first-order valence-electron chi connectivity index (χ1n) is 11.3. The first-order chi connectivity index (χ1) is 16.9. The van der Waals surface area contributed by atoms with E-state index in [1.165, 1.54) is 18.2 Å². The van der Waals surface area contributed by atoms with Crippen LogP contribution in [-0.2, 0) is 9.53 Å². The van der Waals surface area contributed by atoms with Gasteiger partial charge in [0, 0.05) is 5.92 Å². The number of ether oxygens (including phenoxy) is 1. The van der Waals surface area contributed by atoms with Crippen LogP contribution in [0.15, 0.2) is 66.7 Å². The maximum Gasteiger partial charge on any atom is 0.411 e. The molecule has 7 nitrogen and oxygen atoms in total. The van der Waals surface area contributed by atoms with Gasteiger partial charge in [0.15, 0.2) is 5.82 Å². The molecule has 178 valence electrons. The fourth-order valence-electron chi connectivity index (χ4n) is 4.64. The molecule has 2 aliphatic carbocycles. The Morgan fingerprint density at radius 1 is 0.943 bits per heavy atom. The molecule has 0 atom stereocenters. The predicted molar refractivity (Wildman–Crippen MR) is 127 cm³/mol. The summed E-state index contributed by atoms with van der Waals surface area (Å²) in [6, 6.07) is 19.9. The van der Waals surface area contributed by atoms with Crippen LogP contribution in [0.1, 0.15) is 46.7 Å². The summed E-state index contributed by atoms with van der Waals surface area (Å²) in [6.07, 6.45) is -0.0277. The highest BCUT2D eigenvalue weighted by Gasteiger charge is 2.46. The van der Waals surface area contributed by atoms with Crippen molar-refractivity contribution in [3.8, 4) is 11.1 Å². The van der Waals surface area contributed by atoms with Gasteiger partial charge in [0.25, 0.3) is 5.91 Å². The van der Waals surface area contributed by atoms with Crippen LogP contribution in [-0.4, -0.2) is 35.2 Å². The van der Waals surface area contributed by atoms with E-state index in [-0.39, 0.29) is 30.2 Å². The van der Waals surface area contributed by atoms with Crippen LogP contribution in [0, 0.1) is 5.82 Å². The average Bonchev–Trinajstić information content (AvgIpc) is 3.50. The van der Waals surface area contributed by atoms with Crippen molar-refractivity contribution in [2.45, 2.75) is 30.7 Å². The molecule has 0 aliphatic heterocycles. The zero-order chi connectivity index (χ0) is 24.6. The molecule has 0 saturated heterocycles. The van der Waals surface area contributed by atoms with Gasteiger partial charge in [-0.2, -0.15) is 0 Å². The monoisotopic (exact) mass is 474 g/mol. The van der Waals surface area contributed by atoms with Gasteiger partial charge < -0.3 is 15.2 Å². The molecule has 35 heavy (non-hydrogen) atoms. The van der Waals surface area contributed by atoms with Crippen molar-refractivity contribution in [3.05, 3.63) is 89.2 Å². The molecule has 0 unspecified atom stereocenters. The van der Waals surface area contributed by atoms with Crippen LogP contribution >= 0.6 is 0 Å². The van der Waals surface area contributed by atoms with Gasteiger partial charge in [-0.25, -0.2) is 9.18 Å². The van der Waals surface area contributed by atoms with Crippen LogP contribution in [0.3, 0.4) is 0 Å². The summed E-state index contributed by atoms with van der Waals surface area (Å²) in [5.74, 6) is -2.81. The molecule has 0 spiro atoms. The summed E-state index contributed by atoms with van der Waals surface area (Å²) in [5.41, 5.74) is 2.99. The van der Waals surface area contributed by atoms with Crippen molar-refractivity contribution in [3.63, 3.8) is 0 Å². The average molecular weight is 474 g/mol. The third-order valence-electron chi connectivity index (χ3n) is 6.55. The lowest BCUT2D eigenvalue weighted by molar-refractivity contribution is -0.137. The Morgan fingerprint density at radius 3 is 2.17 bits per heavy atom. The van der Waals surface area contributed by atoms with Crippen LogP contribution in [0.5, 0.6) is 0 Å². The van der Waals surface area contributed by atoms with Gasteiger partial charge in [0.1, 0.15) is 6.61 Å². The number of anilines is 1. The molecule has 3 aromatic rings. The predicted octanol–water partition coefficient (Wildman–Crippen LogP) is 4.92. The first-order valence-corrected chi connectivity index (χ1v) is 11.3. The van der Waals surface area contributed by atoms with Crippen molar-refractivity contribution >= 4 is 23.7 Å². The van der Waals surface area contributed by atoms with E-state index >= 15 is 4.39 Å². The molecule has 0 heterocycles. The molecule has 0 radical (unpaired) electrons. The largest absolute Gasteiger partial charge is 0.481 e. The van der Waals surface area contributed by atoms with E-state index in [9.17, 15) is 14.4 Å². The topological polar surface area (TPSA) is 105 Å². The first kappa shape index (κ1) is 22.6. The third-order valence-corrected chi connectivity index (χ3v) is 6.55. The number of aliphatic carboxylic acids is 1. The number of hydrogen-bond donors (Lipinski definition) is 3. The molecular formula is C27H23FN2O5. The Bertz CT molecular complexity index is 1290. The molecule has 3 aromatic carbocycles. The number of fused-ring (bicyclic) bond motifs is 3. The number of carboxylic acids is 1. The third kappa shape index (κ3) is 4.47. The Labute approximate surface area is 200 Å². The maximum atomic E-state index is 15.0. The lowest BCUT2D eigenvalue weighted by Gasteiger charge is -2.17. The van der Waals surface area contributed by atoms with Gasteiger partial charge in [0.05, 0.1) is 23.2 Å². The van der Waals surface area contributed by atoms with Crippen molar-refractivity contribution < 1.29 is 28.6 Å². The van der Waals surface area contributed by atoms with E-state index in [2.05, 4.69) is 10.6 Å². The number of halogens is 1. The van der Waals surface area contributed by atoms with Gasteiger partial charge in [-0.05, 0) is 47.2 Å².